The molecule has 4 aromatic carbocycles. The molecule has 146 valence electrons. The van der Waals surface area contributed by atoms with Gasteiger partial charge in [-0.1, -0.05) is 80.4 Å². The van der Waals surface area contributed by atoms with Gasteiger partial charge in [-0.05, 0) is 82.6 Å². The molecule has 0 spiro atoms. The van der Waals surface area contributed by atoms with Crippen molar-refractivity contribution in [1.82, 2.24) is 0 Å². The molecule has 1 aliphatic carbocycles. The fourth-order valence-corrected chi connectivity index (χ4v) is 5.14. The topological polar surface area (TPSA) is 17.1 Å². The highest BCUT2D eigenvalue weighted by molar-refractivity contribution is 9.10. The van der Waals surface area contributed by atoms with Gasteiger partial charge >= 0.3 is 0 Å². The van der Waals surface area contributed by atoms with Crippen molar-refractivity contribution in [3.63, 3.8) is 0 Å². The van der Waals surface area contributed by atoms with E-state index >= 15 is 0 Å². The van der Waals surface area contributed by atoms with Gasteiger partial charge in [0.1, 0.15) is 0 Å². The van der Waals surface area contributed by atoms with Crippen molar-refractivity contribution in [2.45, 2.75) is 13.8 Å². The van der Waals surface area contributed by atoms with Crippen LogP contribution in [0.1, 0.15) is 27.0 Å². The molecule has 5 rings (SSSR count). The molecule has 1 aliphatic rings. The molecule has 0 fully saturated rings. The number of ketones is 1. The molecule has 0 heterocycles. The zero-order chi connectivity index (χ0) is 21.0. The molecule has 1 nitrogen and oxygen atoms in total. The van der Waals surface area contributed by atoms with Crippen LogP contribution < -0.4 is 0 Å². The molecule has 0 radical (unpaired) electrons. The number of fused-ring (bicyclic) bond motifs is 3. The Morgan fingerprint density at radius 1 is 0.533 bits per heavy atom. The molecule has 0 aliphatic heterocycles. The summed E-state index contributed by atoms with van der Waals surface area (Å²) in [6, 6.07) is 24.7. The SMILES string of the molecule is Cc1c2c(c(C)c(-c3ccc(Br)cc3)c1-c1ccc(Br)cc1)-c1ccccc1C2=O. The zero-order valence-electron chi connectivity index (χ0n) is 16.6. The molecule has 3 heteroatoms. The summed E-state index contributed by atoms with van der Waals surface area (Å²) in [6.45, 7) is 4.23. The normalized spacial score (nSPS) is 12.1. The van der Waals surface area contributed by atoms with E-state index in [1.807, 2.05) is 18.2 Å². The van der Waals surface area contributed by atoms with Crippen LogP contribution in [-0.4, -0.2) is 5.78 Å². The molecule has 4 aromatic rings. The number of hydrogen-bond acceptors (Lipinski definition) is 1. The molecular formula is C27H18Br2O. The van der Waals surface area contributed by atoms with Gasteiger partial charge < -0.3 is 0 Å². The summed E-state index contributed by atoms with van der Waals surface area (Å²) in [5.74, 6) is 0.127. The lowest BCUT2D eigenvalue weighted by molar-refractivity contribution is 0.104. The van der Waals surface area contributed by atoms with E-state index in [2.05, 4.69) is 100 Å². The summed E-state index contributed by atoms with van der Waals surface area (Å²) < 4.78 is 2.09. The van der Waals surface area contributed by atoms with Crippen LogP contribution in [0.15, 0.2) is 81.7 Å². The molecule has 30 heavy (non-hydrogen) atoms. The van der Waals surface area contributed by atoms with Gasteiger partial charge in [-0.15, -0.1) is 0 Å². The Hall–Kier alpha value is -2.49. The van der Waals surface area contributed by atoms with Gasteiger partial charge in [0, 0.05) is 20.1 Å². The third-order valence-electron chi connectivity index (χ3n) is 5.93. The lowest BCUT2D eigenvalue weighted by Gasteiger charge is -2.21. The summed E-state index contributed by atoms with van der Waals surface area (Å²) >= 11 is 7.09. The van der Waals surface area contributed by atoms with Gasteiger partial charge in [0.2, 0.25) is 0 Å². The minimum absolute atomic E-state index is 0.127. The maximum absolute atomic E-state index is 13.4. The van der Waals surface area contributed by atoms with Crippen molar-refractivity contribution >= 4 is 37.6 Å². The Labute approximate surface area is 193 Å². The van der Waals surface area contributed by atoms with Gasteiger partial charge in [-0.2, -0.15) is 0 Å². The first-order valence-electron chi connectivity index (χ1n) is 9.80. The third kappa shape index (κ3) is 2.91. The number of hydrogen-bond donors (Lipinski definition) is 0. The van der Waals surface area contributed by atoms with E-state index in [-0.39, 0.29) is 5.78 Å². The van der Waals surface area contributed by atoms with Crippen molar-refractivity contribution < 1.29 is 4.79 Å². The van der Waals surface area contributed by atoms with Crippen molar-refractivity contribution in [2.24, 2.45) is 0 Å². The first kappa shape index (κ1) is 19.5. The smallest absolute Gasteiger partial charge is 0.194 e. The average molecular weight is 518 g/mol. The van der Waals surface area contributed by atoms with Crippen LogP contribution in [-0.2, 0) is 0 Å². The van der Waals surface area contributed by atoms with Crippen molar-refractivity contribution in [3.05, 3.63) is 104 Å². The average Bonchev–Trinajstić information content (AvgIpc) is 3.06. The molecular weight excluding hydrogens is 500 g/mol. The van der Waals surface area contributed by atoms with Crippen molar-refractivity contribution in [2.75, 3.05) is 0 Å². The number of carbonyl (C=O) groups is 1. The predicted octanol–water partition coefficient (Wildman–Crippen LogP) is 8.37. The summed E-state index contributed by atoms with van der Waals surface area (Å²) in [7, 11) is 0. The molecule has 0 saturated heterocycles. The van der Waals surface area contributed by atoms with Crippen LogP contribution >= 0.6 is 31.9 Å². The minimum Gasteiger partial charge on any atom is -0.289 e. The highest BCUT2D eigenvalue weighted by Crippen LogP contribution is 2.49. The van der Waals surface area contributed by atoms with Crippen LogP contribution in [0.2, 0.25) is 0 Å². The maximum Gasteiger partial charge on any atom is 0.194 e. The number of benzene rings is 4. The van der Waals surface area contributed by atoms with Gasteiger partial charge in [0.15, 0.2) is 5.78 Å². The second-order valence-corrected chi connectivity index (χ2v) is 9.47. The van der Waals surface area contributed by atoms with E-state index in [1.54, 1.807) is 0 Å². The monoisotopic (exact) mass is 516 g/mol. The number of halogens is 2. The van der Waals surface area contributed by atoms with Gasteiger partial charge in [0.05, 0.1) is 0 Å². The summed E-state index contributed by atoms with van der Waals surface area (Å²) in [5, 5.41) is 0. The quantitative estimate of drug-likeness (QED) is 0.230. The largest absolute Gasteiger partial charge is 0.289 e. The second-order valence-electron chi connectivity index (χ2n) is 7.64. The lowest BCUT2D eigenvalue weighted by atomic mass is 9.82. The maximum atomic E-state index is 13.4. The molecule has 0 bridgehead atoms. The molecule has 0 unspecified atom stereocenters. The highest BCUT2D eigenvalue weighted by atomic mass is 79.9. The third-order valence-corrected chi connectivity index (χ3v) is 6.99. The summed E-state index contributed by atoms with van der Waals surface area (Å²) in [4.78, 5) is 13.4. The number of rotatable bonds is 2. The van der Waals surface area contributed by atoms with Gasteiger partial charge in [-0.3, -0.25) is 4.79 Å². The van der Waals surface area contributed by atoms with E-state index < -0.39 is 0 Å². The van der Waals surface area contributed by atoms with Gasteiger partial charge in [-0.25, -0.2) is 0 Å². The predicted molar refractivity (Wildman–Crippen MR) is 131 cm³/mol. The highest BCUT2D eigenvalue weighted by Gasteiger charge is 2.33. The summed E-state index contributed by atoms with van der Waals surface area (Å²) in [5.41, 5.74) is 10.5. The summed E-state index contributed by atoms with van der Waals surface area (Å²) in [6.07, 6.45) is 0. The molecule has 0 aromatic heterocycles. The minimum atomic E-state index is 0.127. The molecule has 0 saturated carbocycles. The zero-order valence-corrected chi connectivity index (χ0v) is 19.8. The Balaban J connectivity index is 1.92. The van der Waals surface area contributed by atoms with E-state index in [0.717, 1.165) is 59.0 Å². The van der Waals surface area contributed by atoms with E-state index in [0.29, 0.717) is 0 Å². The van der Waals surface area contributed by atoms with Crippen LogP contribution in [0.3, 0.4) is 0 Å². The molecule has 0 atom stereocenters. The van der Waals surface area contributed by atoms with Gasteiger partial charge in [0.25, 0.3) is 0 Å². The second kappa shape index (κ2) is 7.33. The van der Waals surface area contributed by atoms with Crippen LogP contribution in [0.5, 0.6) is 0 Å². The van der Waals surface area contributed by atoms with E-state index in [4.69, 9.17) is 0 Å². The Bertz CT molecular complexity index is 1320. The number of carbonyl (C=O) groups excluding carboxylic acids is 1. The van der Waals surface area contributed by atoms with E-state index in [1.165, 1.54) is 5.56 Å². The van der Waals surface area contributed by atoms with Crippen molar-refractivity contribution in [1.29, 1.82) is 0 Å². The fourth-order valence-electron chi connectivity index (χ4n) is 4.61. The first-order chi connectivity index (χ1) is 14.5. The molecule has 0 N–H and O–H groups in total. The van der Waals surface area contributed by atoms with Crippen molar-refractivity contribution in [3.8, 4) is 33.4 Å². The Morgan fingerprint density at radius 2 is 0.967 bits per heavy atom. The molecule has 0 amide bonds. The van der Waals surface area contributed by atoms with E-state index in [9.17, 15) is 4.79 Å². The van der Waals surface area contributed by atoms with Crippen LogP contribution in [0.25, 0.3) is 33.4 Å². The lowest BCUT2D eigenvalue weighted by Crippen LogP contribution is -2.03. The van der Waals surface area contributed by atoms with Crippen LogP contribution in [0, 0.1) is 13.8 Å². The first-order valence-corrected chi connectivity index (χ1v) is 11.4. The standard InChI is InChI=1S/C27H18Br2O/c1-15-23(17-7-11-19(28)12-8-17)24(18-9-13-20(29)14-10-18)16(2)26-25(15)21-5-3-4-6-22(21)27(26)30/h3-14H,1-2H3. The Kier molecular flexibility index (Phi) is 4.76. The van der Waals surface area contributed by atoms with Crippen LogP contribution in [0.4, 0.5) is 0 Å². The fraction of sp³-hybridized carbons (Fsp3) is 0.0741. The Morgan fingerprint density at radius 3 is 1.47 bits per heavy atom.